The first kappa shape index (κ1) is 13.9. The Morgan fingerprint density at radius 1 is 1.53 bits per heavy atom. The Morgan fingerprint density at radius 3 is 2.71 bits per heavy atom. The lowest BCUT2D eigenvalue weighted by Gasteiger charge is -2.20. The summed E-state index contributed by atoms with van der Waals surface area (Å²) < 4.78 is 0. The highest BCUT2D eigenvalue weighted by atomic mass is 16.5. The van der Waals surface area contributed by atoms with E-state index in [9.17, 15) is 14.8 Å². The van der Waals surface area contributed by atoms with Gasteiger partial charge in [-0.1, -0.05) is 19.8 Å². The van der Waals surface area contributed by atoms with E-state index in [-0.39, 0.29) is 0 Å². The van der Waals surface area contributed by atoms with E-state index < -0.39 is 24.0 Å². The maximum atomic E-state index is 11.8. The van der Waals surface area contributed by atoms with E-state index in [2.05, 4.69) is 5.32 Å². The second kappa shape index (κ2) is 6.56. The molecule has 3 N–H and O–H groups in total. The first-order valence-electron chi connectivity index (χ1n) is 6.05. The van der Waals surface area contributed by atoms with Gasteiger partial charge in [-0.3, -0.25) is 4.79 Å². The lowest BCUT2D eigenvalue weighted by Crippen LogP contribution is -2.48. The van der Waals surface area contributed by atoms with Crippen LogP contribution in [0, 0.1) is 0 Å². The highest BCUT2D eigenvalue weighted by molar-refractivity contribution is 5.86. The number of carbonyl (C=O) groups is 2. The van der Waals surface area contributed by atoms with Crippen molar-refractivity contribution in [2.75, 3.05) is 6.54 Å². The molecule has 1 amide bonds. The molecular weight excluding hydrogens is 224 g/mol. The van der Waals surface area contributed by atoms with E-state index in [1.54, 1.807) is 0 Å². The summed E-state index contributed by atoms with van der Waals surface area (Å²) in [6.45, 7) is 2.43. The number of nitrogens with zero attached hydrogens (tertiary/aromatic N) is 1. The van der Waals surface area contributed by atoms with Crippen LogP contribution in [-0.4, -0.2) is 45.9 Å². The van der Waals surface area contributed by atoms with Gasteiger partial charge in [0.1, 0.15) is 12.1 Å². The van der Waals surface area contributed by atoms with Crippen molar-refractivity contribution in [3.8, 4) is 0 Å². The summed E-state index contributed by atoms with van der Waals surface area (Å²) in [5, 5.41) is 21.8. The van der Waals surface area contributed by atoms with Crippen molar-refractivity contribution in [2.45, 2.75) is 51.1 Å². The standard InChI is InChI=1S/C11H20N2O4/c1-2-3-5-8(11(15)16)12-10(14)9-6-4-7-13(9)17/h8-9,17H,2-7H2,1H3,(H,12,14)(H,15,16)/t8-,9?/m0/s1. The molecule has 0 aromatic heterocycles. The number of hydroxylamine groups is 2. The summed E-state index contributed by atoms with van der Waals surface area (Å²) in [7, 11) is 0. The number of rotatable bonds is 6. The number of unbranched alkanes of at least 4 members (excludes halogenated alkanes) is 1. The number of amides is 1. The largest absolute Gasteiger partial charge is 0.480 e. The zero-order valence-corrected chi connectivity index (χ0v) is 10.1. The van der Waals surface area contributed by atoms with Crippen molar-refractivity contribution < 1.29 is 19.9 Å². The third-order valence-electron chi connectivity index (χ3n) is 2.99. The molecule has 1 aliphatic heterocycles. The molecule has 2 atom stereocenters. The summed E-state index contributed by atoms with van der Waals surface area (Å²) in [5.41, 5.74) is 0. The van der Waals surface area contributed by atoms with Gasteiger partial charge in [-0.2, -0.15) is 5.06 Å². The van der Waals surface area contributed by atoms with Crippen LogP contribution in [0.15, 0.2) is 0 Å². The molecular formula is C11H20N2O4. The number of carboxylic acids is 1. The maximum Gasteiger partial charge on any atom is 0.326 e. The van der Waals surface area contributed by atoms with Gasteiger partial charge in [-0.15, -0.1) is 0 Å². The van der Waals surface area contributed by atoms with Gasteiger partial charge in [0.25, 0.3) is 0 Å². The zero-order valence-electron chi connectivity index (χ0n) is 10.1. The fourth-order valence-corrected chi connectivity index (χ4v) is 1.95. The van der Waals surface area contributed by atoms with Gasteiger partial charge in [0, 0.05) is 6.54 Å². The van der Waals surface area contributed by atoms with Gasteiger partial charge in [-0.25, -0.2) is 4.79 Å². The Hall–Kier alpha value is -1.14. The third kappa shape index (κ3) is 3.98. The van der Waals surface area contributed by atoms with Gasteiger partial charge >= 0.3 is 5.97 Å². The normalized spacial score (nSPS) is 22.4. The van der Waals surface area contributed by atoms with Gasteiger partial charge in [0.05, 0.1) is 0 Å². The highest BCUT2D eigenvalue weighted by Crippen LogP contribution is 2.15. The van der Waals surface area contributed by atoms with Crippen molar-refractivity contribution in [1.82, 2.24) is 10.4 Å². The number of hydrogen-bond donors (Lipinski definition) is 3. The molecule has 0 bridgehead atoms. The van der Waals surface area contributed by atoms with Crippen LogP contribution in [-0.2, 0) is 9.59 Å². The number of carboxylic acid groups (broad SMARTS) is 1. The van der Waals surface area contributed by atoms with Crippen LogP contribution in [0.2, 0.25) is 0 Å². The molecule has 0 spiro atoms. The molecule has 1 unspecified atom stereocenters. The fraction of sp³-hybridized carbons (Fsp3) is 0.818. The van der Waals surface area contributed by atoms with Crippen LogP contribution in [0.5, 0.6) is 0 Å². The Balaban J connectivity index is 2.48. The monoisotopic (exact) mass is 244 g/mol. The molecule has 1 saturated heterocycles. The molecule has 6 nitrogen and oxygen atoms in total. The van der Waals surface area contributed by atoms with E-state index in [0.717, 1.165) is 24.3 Å². The minimum Gasteiger partial charge on any atom is -0.480 e. The SMILES string of the molecule is CCCC[C@H](NC(=O)C1CCCN1O)C(=O)O. The lowest BCUT2D eigenvalue weighted by molar-refractivity contribution is -0.150. The minimum atomic E-state index is -1.02. The quantitative estimate of drug-likeness (QED) is 0.636. The van der Waals surface area contributed by atoms with Crippen LogP contribution in [0.3, 0.4) is 0 Å². The summed E-state index contributed by atoms with van der Waals surface area (Å²) in [6, 6.07) is -1.45. The van der Waals surface area contributed by atoms with Crippen molar-refractivity contribution in [3.05, 3.63) is 0 Å². The Bertz CT molecular complexity index is 283. The molecule has 1 aliphatic rings. The van der Waals surface area contributed by atoms with Crippen LogP contribution in [0.4, 0.5) is 0 Å². The summed E-state index contributed by atoms with van der Waals surface area (Å²) in [5.74, 6) is -1.41. The minimum absolute atomic E-state index is 0.395. The molecule has 0 aliphatic carbocycles. The van der Waals surface area contributed by atoms with Crippen LogP contribution in [0.25, 0.3) is 0 Å². The van der Waals surface area contributed by atoms with Crippen LogP contribution >= 0.6 is 0 Å². The predicted molar refractivity (Wildman–Crippen MR) is 60.6 cm³/mol. The van der Waals surface area contributed by atoms with Gasteiger partial charge in [-0.05, 0) is 19.3 Å². The smallest absolute Gasteiger partial charge is 0.326 e. The van der Waals surface area contributed by atoms with Crippen molar-refractivity contribution in [1.29, 1.82) is 0 Å². The average Bonchev–Trinajstić information content (AvgIpc) is 2.70. The summed E-state index contributed by atoms with van der Waals surface area (Å²) in [6.07, 6.45) is 3.39. The van der Waals surface area contributed by atoms with Gasteiger partial charge in [0.2, 0.25) is 5.91 Å². The van der Waals surface area contributed by atoms with E-state index in [1.807, 2.05) is 6.92 Å². The van der Waals surface area contributed by atoms with Gasteiger partial charge in [0.15, 0.2) is 0 Å². The second-order valence-corrected chi connectivity index (χ2v) is 4.36. The molecule has 17 heavy (non-hydrogen) atoms. The summed E-state index contributed by atoms with van der Waals surface area (Å²) in [4.78, 5) is 22.7. The maximum absolute atomic E-state index is 11.8. The van der Waals surface area contributed by atoms with Crippen LogP contribution in [0.1, 0.15) is 39.0 Å². The second-order valence-electron chi connectivity index (χ2n) is 4.36. The van der Waals surface area contributed by atoms with Crippen LogP contribution < -0.4 is 5.32 Å². The molecule has 1 rings (SSSR count). The van der Waals surface area contributed by atoms with Crippen molar-refractivity contribution >= 4 is 11.9 Å². The molecule has 6 heteroatoms. The fourth-order valence-electron chi connectivity index (χ4n) is 1.95. The van der Waals surface area contributed by atoms with E-state index in [0.29, 0.717) is 19.4 Å². The molecule has 1 fully saturated rings. The number of nitrogens with one attached hydrogen (secondary N) is 1. The first-order valence-corrected chi connectivity index (χ1v) is 6.05. The molecule has 0 aromatic rings. The first-order chi connectivity index (χ1) is 8.06. The average molecular weight is 244 g/mol. The molecule has 0 saturated carbocycles. The highest BCUT2D eigenvalue weighted by Gasteiger charge is 2.32. The topological polar surface area (TPSA) is 89.9 Å². The Labute approximate surface area is 101 Å². The molecule has 0 aromatic carbocycles. The van der Waals surface area contributed by atoms with Crippen molar-refractivity contribution in [2.24, 2.45) is 0 Å². The van der Waals surface area contributed by atoms with E-state index in [1.165, 1.54) is 0 Å². The number of hydrogen-bond acceptors (Lipinski definition) is 4. The Morgan fingerprint density at radius 2 is 2.24 bits per heavy atom. The number of aliphatic carboxylic acids is 1. The van der Waals surface area contributed by atoms with Gasteiger partial charge < -0.3 is 15.6 Å². The zero-order chi connectivity index (χ0) is 12.8. The lowest BCUT2D eigenvalue weighted by atomic mass is 10.1. The molecule has 0 radical (unpaired) electrons. The Kier molecular flexibility index (Phi) is 5.37. The number of carbonyl (C=O) groups excluding carboxylic acids is 1. The van der Waals surface area contributed by atoms with E-state index >= 15 is 0 Å². The third-order valence-corrected chi connectivity index (χ3v) is 2.99. The van der Waals surface area contributed by atoms with Crippen molar-refractivity contribution in [3.63, 3.8) is 0 Å². The summed E-state index contributed by atoms with van der Waals surface area (Å²) >= 11 is 0. The molecule has 98 valence electrons. The predicted octanol–water partition coefficient (Wildman–Crippen LogP) is 0.600. The molecule has 1 heterocycles. The van der Waals surface area contributed by atoms with E-state index in [4.69, 9.17) is 5.11 Å².